The molecule has 2 aliphatic carbocycles. The van der Waals surface area contributed by atoms with Crippen molar-refractivity contribution >= 4 is 11.4 Å². The Hall–Kier alpha value is -2.09. The lowest BCUT2D eigenvalue weighted by Gasteiger charge is -2.28. The summed E-state index contributed by atoms with van der Waals surface area (Å²) in [5.74, 6) is 1.35. The number of allylic oxidation sites excluding steroid dienone is 5. The monoisotopic (exact) mass is 392 g/mol. The summed E-state index contributed by atoms with van der Waals surface area (Å²) >= 11 is 0. The molecular formula is C27H36O2. The molecule has 29 heavy (non-hydrogen) atoms. The molecule has 0 aromatic heterocycles. The average molecular weight is 393 g/mol. The normalized spacial score (nSPS) is 20.6. The van der Waals surface area contributed by atoms with Crippen molar-refractivity contribution in [2.75, 3.05) is 7.11 Å². The van der Waals surface area contributed by atoms with E-state index in [-0.39, 0.29) is 16.7 Å². The summed E-state index contributed by atoms with van der Waals surface area (Å²) in [5, 5.41) is 0. The second-order valence-corrected chi connectivity index (χ2v) is 10.3. The first-order chi connectivity index (χ1) is 13.6. The molecule has 1 aromatic rings. The lowest BCUT2D eigenvalue weighted by atomic mass is 9.78. The molecule has 156 valence electrons. The van der Waals surface area contributed by atoms with Crippen LogP contribution in [0.3, 0.4) is 0 Å². The molecule has 0 bridgehead atoms. The zero-order valence-electron chi connectivity index (χ0n) is 19.2. The Bertz CT molecular complexity index is 873. The topological polar surface area (TPSA) is 26.3 Å². The molecule has 0 aliphatic heterocycles. The van der Waals surface area contributed by atoms with Crippen molar-refractivity contribution in [2.45, 2.75) is 67.2 Å². The molecule has 1 unspecified atom stereocenters. The lowest BCUT2D eigenvalue weighted by molar-refractivity contribution is -0.119. The van der Waals surface area contributed by atoms with Crippen LogP contribution in [-0.4, -0.2) is 12.9 Å². The van der Waals surface area contributed by atoms with Gasteiger partial charge in [-0.1, -0.05) is 84.4 Å². The van der Waals surface area contributed by atoms with E-state index in [1.807, 2.05) is 6.07 Å². The minimum Gasteiger partial charge on any atom is -0.496 e. The van der Waals surface area contributed by atoms with Gasteiger partial charge in [0, 0.05) is 17.1 Å². The Labute approximate surface area is 176 Å². The van der Waals surface area contributed by atoms with Crippen LogP contribution < -0.4 is 0 Å². The molecule has 2 nitrogen and oxygen atoms in total. The predicted octanol–water partition coefficient (Wildman–Crippen LogP) is 7.13. The average Bonchev–Trinajstić information content (AvgIpc) is 2.86. The van der Waals surface area contributed by atoms with E-state index >= 15 is 0 Å². The van der Waals surface area contributed by atoms with Gasteiger partial charge in [0.25, 0.3) is 0 Å². The van der Waals surface area contributed by atoms with Gasteiger partial charge in [0.05, 0.1) is 7.11 Å². The zero-order chi connectivity index (χ0) is 21.4. The predicted molar refractivity (Wildman–Crippen MR) is 121 cm³/mol. The molecular weight excluding hydrogens is 356 g/mol. The van der Waals surface area contributed by atoms with Gasteiger partial charge < -0.3 is 4.74 Å². The summed E-state index contributed by atoms with van der Waals surface area (Å²) in [6.45, 7) is 13.4. The molecule has 0 N–H and O–H groups in total. The smallest absolute Gasteiger partial charge is 0.162 e. The van der Waals surface area contributed by atoms with Crippen molar-refractivity contribution in [2.24, 2.45) is 16.7 Å². The van der Waals surface area contributed by atoms with Crippen LogP contribution >= 0.6 is 0 Å². The van der Waals surface area contributed by atoms with Gasteiger partial charge in [-0.2, -0.15) is 0 Å². The molecule has 0 radical (unpaired) electrons. The van der Waals surface area contributed by atoms with E-state index < -0.39 is 0 Å². The summed E-state index contributed by atoms with van der Waals surface area (Å²) in [4.78, 5) is 13.5. The Morgan fingerprint density at radius 1 is 1.03 bits per heavy atom. The lowest BCUT2D eigenvalue weighted by Crippen LogP contribution is -2.20. The molecule has 0 amide bonds. The van der Waals surface area contributed by atoms with Crippen LogP contribution in [0.25, 0.3) is 5.57 Å². The summed E-state index contributed by atoms with van der Waals surface area (Å²) in [7, 11) is 1.76. The number of hydrogen-bond donors (Lipinski definition) is 0. The molecule has 0 heterocycles. The van der Waals surface area contributed by atoms with Gasteiger partial charge in [0.2, 0.25) is 0 Å². The molecule has 0 fully saturated rings. The van der Waals surface area contributed by atoms with Crippen LogP contribution in [-0.2, 0) is 9.53 Å². The first kappa shape index (κ1) is 21.6. The van der Waals surface area contributed by atoms with E-state index in [2.05, 4.69) is 71.9 Å². The number of carbonyl (C=O) groups excluding carboxylic acids is 1. The van der Waals surface area contributed by atoms with Crippen molar-refractivity contribution < 1.29 is 9.53 Å². The maximum absolute atomic E-state index is 13.5. The van der Waals surface area contributed by atoms with Crippen molar-refractivity contribution in [1.29, 1.82) is 0 Å². The van der Waals surface area contributed by atoms with E-state index in [0.717, 1.165) is 41.7 Å². The summed E-state index contributed by atoms with van der Waals surface area (Å²) in [6.07, 6.45) is 5.78. The van der Waals surface area contributed by atoms with Gasteiger partial charge in [0.15, 0.2) is 5.78 Å². The van der Waals surface area contributed by atoms with Crippen LogP contribution in [0, 0.1) is 16.7 Å². The molecule has 2 heteroatoms. The Kier molecular flexibility index (Phi) is 5.94. The highest BCUT2D eigenvalue weighted by Crippen LogP contribution is 2.49. The first-order valence-electron chi connectivity index (χ1n) is 10.9. The van der Waals surface area contributed by atoms with Gasteiger partial charge in [0.1, 0.15) is 5.76 Å². The van der Waals surface area contributed by atoms with Crippen LogP contribution in [0.2, 0.25) is 0 Å². The highest BCUT2D eigenvalue weighted by atomic mass is 16.5. The van der Waals surface area contributed by atoms with Gasteiger partial charge in [-0.05, 0) is 46.8 Å². The second kappa shape index (κ2) is 7.97. The van der Waals surface area contributed by atoms with Crippen LogP contribution in [0.1, 0.15) is 72.8 Å². The summed E-state index contributed by atoms with van der Waals surface area (Å²) in [6, 6.07) is 10.4. The largest absolute Gasteiger partial charge is 0.496 e. The third-order valence-corrected chi connectivity index (χ3v) is 6.60. The summed E-state index contributed by atoms with van der Waals surface area (Å²) in [5.41, 5.74) is 5.76. The molecule has 0 saturated carbocycles. The van der Waals surface area contributed by atoms with E-state index in [1.165, 1.54) is 11.1 Å². The molecule has 0 saturated heterocycles. The number of hydrogen-bond acceptors (Lipinski definition) is 2. The molecule has 0 spiro atoms. The standard InChI is InChI=1S/C27H36O2/c1-8-27(5,6)17-19-16-21-20(24(19)28)14-15-22(26(2,3)4)25(29-7)23(21)18-12-10-9-11-13-18/h9-13,15,19H,8,14,16-17H2,1-7H3. The fourth-order valence-corrected chi connectivity index (χ4v) is 4.65. The molecule has 1 atom stereocenters. The van der Waals surface area contributed by atoms with Gasteiger partial charge in [-0.25, -0.2) is 0 Å². The fourth-order valence-electron chi connectivity index (χ4n) is 4.65. The quantitative estimate of drug-likeness (QED) is 0.532. The molecule has 2 aliphatic rings. The molecule has 1 aromatic carbocycles. The maximum Gasteiger partial charge on any atom is 0.162 e. The third kappa shape index (κ3) is 4.27. The zero-order valence-corrected chi connectivity index (χ0v) is 19.2. The van der Waals surface area contributed by atoms with Gasteiger partial charge >= 0.3 is 0 Å². The van der Waals surface area contributed by atoms with Crippen molar-refractivity contribution in [3.63, 3.8) is 0 Å². The highest BCUT2D eigenvalue weighted by molar-refractivity contribution is 6.06. The van der Waals surface area contributed by atoms with E-state index in [9.17, 15) is 4.79 Å². The van der Waals surface area contributed by atoms with E-state index in [4.69, 9.17) is 4.74 Å². The number of carbonyl (C=O) groups is 1. The Morgan fingerprint density at radius 2 is 1.69 bits per heavy atom. The fraction of sp³-hybridized carbons (Fsp3) is 0.519. The number of methoxy groups -OCH3 is 1. The number of ketones is 1. The van der Waals surface area contributed by atoms with Gasteiger partial charge in [-0.3, -0.25) is 4.79 Å². The number of Topliss-reactive ketones (excluding diaryl/α,β-unsaturated/α-hetero) is 1. The summed E-state index contributed by atoms with van der Waals surface area (Å²) < 4.78 is 6.04. The van der Waals surface area contributed by atoms with E-state index in [1.54, 1.807) is 7.11 Å². The molecule has 3 rings (SSSR count). The highest BCUT2D eigenvalue weighted by Gasteiger charge is 2.40. The number of ether oxygens (including phenoxy) is 1. The minimum absolute atomic E-state index is 0.0578. The van der Waals surface area contributed by atoms with Crippen molar-refractivity contribution in [3.05, 3.63) is 64.4 Å². The first-order valence-corrected chi connectivity index (χ1v) is 10.9. The second-order valence-electron chi connectivity index (χ2n) is 10.3. The van der Waals surface area contributed by atoms with Crippen molar-refractivity contribution in [3.8, 4) is 0 Å². The van der Waals surface area contributed by atoms with Gasteiger partial charge in [-0.15, -0.1) is 0 Å². The number of rotatable bonds is 5. The van der Waals surface area contributed by atoms with Crippen LogP contribution in [0.15, 0.2) is 58.9 Å². The maximum atomic E-state index is 13.5. The third-order valence-electron chi connectivity index (χ3n) is 6.60. The van der Waals surface area contributed by atoms with Crippen LogP contribution in [0.5, 0.6) is 0 Å². The van der Waals surface area contributed by atoms with E-state index in [0.29, 0.717) is 12.2 Å². The Morgan fingerprint density at radius 3 is 2.24 bits per heavy atom. The van der Waals surface area contributed by atoms with Crippen molar-refractivity contribution in [1.82, 2.24) is 0 Å². The minimum atomic E-state index is -0.0578. The SMILES string of the molecule is CCC(C)(C)CC1CC2=C(CC=C(C(C)(C)C)C(OC)=C2c2ccccc2)C1=O. The Balaban J connectivity index is 2.15. The van der Waals surface area contributed by atoms with Crippen LogP contribution in [0.4, 0.5) is 0 Å². The number of benzene rings is 1.